The predicted octanol–water partition coefficient (Wildman–Crippen LogP) is 2.96. The number of esters is 1. The lowest BCUT2D eigenvalue weighted by Crippen LogP contribution is -2.54. The number of rotatable bonds is 3. The van der Waals surface area contributed by atoms with Gasteiger partial charge in [-0.15, -0.1) is 0 Å². The van der Waals surface area contributed by atoms with E-state index in [1.807, 2.05) is 0 Å². The summed E-state index contributed by atoms with van der Waals surface area (Å²) in [5.41, 5.74) is 1.29. The van der Waals surface area contributed by atoms with Crippen LogP contribution in [0.25, 0.3) is 6.08 Å². The van der Waals surface area contributed by atoms with Crippen molar-refractivity contribution in [3.05, 3.63) is 70.3 Å². The van der Waals surface area contributed by atoms with Crippen LogP contribution in [0.4, 0.5) is 5.69 Å². The van der Waals surface area contributed by atoms with Crippen molar-refractivity contribution >= 4 is 58.5 Å². The summed E-state index contributed by atoms with van der Waals surface area (Å²) < 4.78 is 4.64. The first-order chi connectivity index (χ1) is 12.9. The third-order valence-corrected chi connectivity index (χ3v) is 4.33. The molecular formula is C19H13ClN2O4S. The second-order valence-electron chi connectivity index (χ2n) is 5.55. The molecule has 0 saturated carbocycles. The van der Waals surface area contributed by atoms with Gasteiger partial charge in [0.2, 0.25) is 0 Å². The fourth-order valence-electron chi connectivity index (χ4n) is 2.51. The number of ether oxygens (including phenoxy) is 1. The molecule has 0 spiro atoms. The zero-order chi connectivity index (χ0) is 19.6. The molecule has 3 rings (SSSR count). The van der Waals surface area contributed by atoms with E-state index in [9.17, 15) is 14.4 Å². The minimum atomic E-state index is -0.597. The molecule has 0 unspecified atom stereocenters. The van der Waals surface area contributed by atoms with E-state index >= 15 is 0 Å². The quantitative estimate of drug-likeness (QED) is 0.371. The Hall–Kier alpha value is -3.03. The van der Waals surface area contributed by atoms with Crippen LogP contribution in [0.2, 0.25) is 5.02 Å². The summed E-state index contributed by atoms with van der Waals surface area (Å²) in [6.45, 7) is 0. The summed E-state index contributed by atoms with van der Waals surface area (Å²) >= 11 is 11.1. The van der Waals surface area contributed by atoms with E-state index in [-0.39, 0.29) is 10.7 Å². The molecule has 2 aromatic rings. The molecule has 0 aromatic heterocycles. The monoisotopic (exact) mass is 400 g/mol. The van der Waals surface area contributed by atoms with Gasteiger partial charge in [0.1, 0.15) is 5.57 Å². The van der Waals surface area contributed by atoms with Crippen molar-refractivity contribution in [3.63, 3.8) is 0 Å². The molecule has 0 bridgehead atoms. The molecule has 0 radical (unpaired) electrons. The highest BCUT2D eigenvalue weighted by molar-refractivity contribution is 7.80. The van der Waals surface area contributed by atoms with Gasteiger partial charge in [0.25, 0.3) is 11.8 Å². The number of methoxy groups -OCH3 is 1. The zero-order valence-corrected chi connectivity index (χ0v) is 15.6. The van der Waals surface area contributed by atoms with Crippen molar-refractivity contribution in [2.24, 2.45) is 0 Å². The average molecular weight is 401 g/mol. The van der Waals surface area contributed by atoms with Crippen molar-refractivity contribution in [2.45, 2.75) is 0 Å². The van der Waals surface area contributed by atoms with Gasteiger partial charge >= 0.3 is 5.97 Å². The van der Waals surface area contributed by atoms with E-state index < -0.39 is 17.8 Å². The predicted molar refractivity (Wildman–Crippen MR) is 105 cm³/mol. The fraction of sp³-hybridized carbons (Fsp3) is 0.0526. The molecule has 6 nitrogen and oxygen atoms in total. The van der Waals surface area contributed by atoms with Gasteiger partial charge in [0, 0.05) is 5.02 Å². The Morgan fingerprint density at radius 1 is 1.19 bits per heavy atom. The Kier molecular flexibility index (Phi) is 5.34. The molecule has 1 saturated heterocycles. The second-order valence-corrected chi connectivity index (χ2v) is 6.37. The SMILES string of the molecule is COC(=O)c1ccc(C=C2C(=O)NC(=S)N(c3cccc(Cl)c3)C2=O)cc1. The number of nitrogens with zero attached hydrogens (tertiary/aromatic N) is 1. The van der Waals surface area contributed by atoms with Crippen LogP contribution in [-0.4, -0.2) is 30.0 Å². The second kappa shape index (κ2) is 7.69. The first kappa shape index (κ1) is 18.8. The third-order valence-electron chi connectivity index (χ3n) is 3.81. The summed E-state index contributed by atoms with van der Waals surface area (Å²) in [5, 5.41) is 2.91. The van der Waals surface area contributed by atoms with E-state index in [1.54, 1.807) is 48.5 Å². The van der Waals surface area contributed by atoms with E-state index in [0.29, 0.717) is 21.8 Å². The smallest absolute Gasteiger partial charge is 0.337 e. The maximum absolute atomic E-state index is 12.9. The largest absolute Gasteiger partial charge is 0.465 e. The Morgan fingerprint density at radius 2 is 1.89 bits per heavy atom. The highest BCUT2D eigenvalue weighted by Crippen LogP contribution is 2.24. The number of hydrogen-bond acceptors (Lipinski definition) is 5. The van der Waals surface area contributed by atoms with Gasteiger partial charge in [-0.05, 0) is 54.2 Å². The van der Waals surface area contributed by atoms with Crippen LogP contribution in [-0.2, 0) is 14.3 Å². The van der Waals surface area contributed by atoms with Crippen molar-refractivity contribution in [3.8, 4) is 0 Å². The lowest BCUT2D eigenvalue weighted by atomic mass is 10.1. The summed E-state index contributed by atoms with van der Waals surface area (Å²) in [6.07, 6.45) is 1.43. The maximum atomic E-state index is 12.9. The Bertz CT molecular complexity index is 985. The van der Waals surface area contributed by atoms with Gasteiger partial charge in [0.05, 0.1) is 18.4 Å². The molecule has 2 amide bonds. The van der Waals surface area contributed by atoms with Gasteiger partial charge in [-0.25, -0.2) is 4.79 Å². The van der Waals surface area contributed by atoms with Gasteiger partial charge < -0.3 is 4.74 Å². The lowest BCUT2D eigenvalue weighted by Gasteiger charge is -2.29. The van der Waals surface area contributed by atoms with Gasteiger partial charge in [-0.2, -0.15) is 0 Å². The van der Waals surface area contributed by atoms with Gasteiger partial charge in [0.15, 0.2) is 5.11 Å². The standard InChI is InChI=1S/C19H13ClN2O4S/c1-26-18(25)12-7-5-11(6-8-12)9-15-16(23)21-19(27)22(17(15)24)14-4-2-3-13(20)10-14/h2-10H,1H3,(H,21,23,27). The number of carbonyl (C=O) groups is 3. The summed E-state index contributed by atoms with van der Waals surface area (Å²) in [6, 6.07) is 12.9. The van der Waals surface area contributed by atoms with Gasteiger partial charge in [-0.3, -0.25) is 19.8 Å². The van der Waals surface area contributed by atoms with Crippen molar-refractivity contribution < 1.29 is 19.1 Å². The molecule has 1 heterocycles. The van der Waals surface area contributed by atoms with Crippen LogP contribution in [0.1, 0.15) is 15.9 Å². The number of benzene rings is 2. The molecule has 2 aromatic carbocycles. The van der Waals surface area contributed by atoms with Crippen molar-refractivity contribution in [1.29, 1.82) is 0 Å². The van der Waals surface area contributed by atoms with Gasteiger partial charge in [-0.1, -0.05) is 29.8 Å². The molecule has 1 aliphatic rings. The normalized spacial score (nSPS) is 15.7. The summed E-state index contributed by atoms with van der Waals surface area (Å²) in [7, 11) is 1.29. The molecule has 0 aliphatic carbocycles. The Morgan fingerprint density at radius 3 is 2.52 bits per heavy atom. The number of anilines is 1. The van der Waals surface area contributed by atoms with Crippen LogP contribution in [0, 0.1) is 0 Å². The summed E-state index contributed by atoms with van der Waals surface area (Å²) in [4.78, 5) is 37.8. The number of thiocarbonyl (C=S) groups is 1. The number of nitrogens with one attached hydrogen (secondary N) is 1. The zero-order valence-electron chi connectivity index (χ0n) is 14.1. The molecule has 27 heavy (non-hydrogen) atoms. The lowest BCUT2D eigenvalue weighted by molar-refractivity contribution is -0.122. The number of amides is 2. The Labute approximate surface area is 165 Å². The molecule has 1 fully saturated rings. The van der Waals surface area contributed by atoms with Crippen LogP contribution in [0.15, 0.2) is 54.1 Å². The topological polar surface area (TPSA) is 75.7 Å². The summed E-state index contributed by atoms with van der Waals surface area (Å²) in [5.74, 6) is -1.64. The maximum Gasteiger partial charge on any atom is 0.337 e. The third kappa shape index (κ3) is 3.89. The first-order valence-electron chi connectivity index (χ1n) is 7.76. The average Bonchev–Trinajstić information content (AvgIpc) is 2.65. The molecular weight excluding hydrogens is 388 g/mol. The van der Waals surface area contributed by atoms with E-state index in [2.05, 4.69) is 10.1 Å². The van der Waals surface area contributed by atoms with Crippen LogP contribution >= 0.6 is 23.8 Å². The molecule has 8 heteroatoms. The highest BCUT2D eigenvalue weighted by atomic mass is 35.5. The molecule has 136 valence electrons. The minimum absolute atomic E-state index is 0.0227. The highest BCUT2D eigenvalue weighted by Gasteiger charge is 2.34. The first-order valence-corrected chi connectivity index (χ1v) is 8.54. The Balaban J connectivity index is 1.95. The van der Waals surface area contributed by atoms with Crippen LogP contribution < -0.4 is 10.2 Å². The molecule has 0 atom stereocenters. The minimum Gasteiger partial charge on any atom is -0.465 e. The fourth-order valence-corrected chi connectivity index (χ4v) is 2.97. The van der Waals surface area contributed by atoms with Crippen molar-refractivity contribution in [1.82, 2.24) is 5.32 Å². The van der Waals surface area contributed by atoms with E-state index in [0.717, 1.165) is 0 Å². The number of carbonyl (C=O) groups excluding carboxylic acids is 3. The van der Waals surface area contributed by atoms with Crippen LogP contribution in [0.5, 0.6) is 0 Å². The molecule has 1 aliphatic heterocycles. The number of hydrogen-bond donors (Lipinski definition) is 1. The molecule has 1 N–H and O–H groups in total. The van der Waals surface area contributed by atoms with E-state index in [1.165, 1.54) is 18.1 Å². The van der Waals surface area contributed by atoms with E-state index in [4.69, 9.17) is 23.8 Å². The number of halogens is 1. The van der Waals surface area contributed by atoms with Crippen LogP contribution in [0.3, 0.4) is 0 Å². The van der Waals surface area contributed by atoms with Crippen molar-refractivity contribution in [2.75, 3.05) is 12.0 Å².